The van der Waals surface area contributed by atoms with Crippen LogP contribution < -0.4 is 5.73 Å². The molecule has 0 heterocycles. The van der Waals surface area contributed by atoms with Gasteiger partial charge in [0.15, 0.2) is 0 Å². The quantitative estimate of drug-likeness (QED) is 0.614. The van der Waals surface area contributed by atoms with E-state index in [0.717, 1.165) is 19.4 Å². The first kappa shape index (κ1) is 13.4. The van der Waals surface area contributed by atoms with Crippen LogP contribution in [0.4, 0.5) is 0 Å². The molecule has 4 heteroatoms. The molecule has 0 aromatic carbocycles. The van der Waals surface area contributed by atoms with Crippen molar-refractivity contribution in [1.29, 1.82) is 0 Å². The maximum atomic E-state index is 11.1. The summed E-state index contributed by atoms with van der Waals surface area (Å²) in [5.74, 6) is -0.178. The first-order valence-corrected chi connectivity index (χ1v) is 5.16. The van der Waals surface area contributed by atoms with E-state index in [1.54, 1.807) is 0 Å². The molecule has 0 aromatic heterocycles. The highest BCUT2D eigenvalue weighted by Crippen LogP contribution is 2.04. The second-order valence-corrected chi connectivity index (χ2v) is 3.47. The number of esters is 1. The summed E-state index contributed by atoms with van der Waals surface area (Å²) in [6, 6.07) is 0.346. The van der Waals surface area contributed by atoms with Crippen molar-refractivity contribution < 1.29 is 9.53 Å². The Morgan fingerprint density at radius 3 is 2.64 bits per heavy atom. The molecule has 0 aliphatic carbocycles. The van der Waals surface area contributed by atoms with E-state index in [-0.39, 0.29) is 5.97 Å². The van der Waals surface area contributed by atoms with Crippen molar-refractivity contribution in [3.63, 3.8) is 0 Å². The Hall–Kier alpha value is -0.610. The largest absolute Gasteiger partial charge is 0.468 e. The Morgan fingerprint density at radius 1 is 1.57 bits per heavy atom. The summed E-state index contributed by atoms with van der Waals surface area (Å²) >= 11 is 0. The number of ether oxygens (including phenoxy) is 1. The van der Waals surface area contributed by atoms with Crippen LogP contribution in [0.1, 0.15) is 26.7 Å². The van der Waals surface area contributed by atoms with Crippen LogP contribution in [-0.2, 0) is 9.53 Å². The summed E-state index contributed by atoms with van der Waals surface area (Å²) in [5.41, 5.74) is 5.48. The molecule has 1 unspecified atom stereocenters. The van der Waals surface area contributed by atoms with Crippen molar-refractivity contribution >= 4 is 5.97 Å². The van der Waals surface area contributed by atoms with Gasteiger partial charge in [-0.25, -0.2) is 0 Å². The molecular formula is C10H22N2O2. The smallest absolute Gasteiger partial charge is 0.319 e. The van der Waals surface area contributed by atoms with E-state index in [9.17, 15) is 4.79 Å². The van der Waals surface area contributed by atoms with Gasteiger partial charge in [0.1, 0.15) is 0 Å². The van der Waals surface area contributed by atoms with Gasteiger partial charge >= 0.3 is 5.97 Å². The van der Waals surface area contributed by atoms with Crippen LogP contribution in [0.2, 0.25) is 0 Å². The molecule has 0 aliphatic rings. The zero-order valence-electron chi connectivity index (χ0n) is 9.45. The van der Waals surface area contributed by atoms with Crippen molar-refractivity contribution in [2.75, 3.05) is 26.7 Å². The number of carbonyl (C=O) groups is 1. The lowest BCUT2D eigenvalue weighted by Gasteiger charge is -2.27. The maximum absolute atomic E-state index is 11.1. The molecule has 0 saturated carbocycles. The van der Waals surface area contributed by atoms with Crippen LogP contribution in [0.3, 0.4) is 0 Å². The number of nitrogens with two attached hydrogens (primary N) is 1. The molecule has 0 bridgehead atoms. The van der Waals surface area contributed by atoms with Gasteiger partial charge in [0.25, 0.3) is 0 Å². The van der Waals surface area contributed by atoms with E-state index in [2.05, 4.69) is 23.5 Å². The average molecular weight is 202 g/mol. The SMILES string of the molecule is CCCN(CC(=O)OC)C(C)CCN. The highest BCUT2D eigenvalue weighted by atomic mass is 16.5. The molecule has 0 aromatic rings. The van der Waals surface area contributed by atoms with Gasteiger partial charge in [0.2, 0.25) is 0 Å². The Bertz CT molecular complexity index is 162. The average Bonchev–Trinajstić information content (AvgIpc) is 2.17. The molecule has 0 saturated heterocycles. The van der Waals surface area contributed by atoms with Gasteiger partial charge in [-0.05, 0) is 32.9 Å². The highest BCUT2D eigenvalue weighted by molar-refractivity contribution is 5.71. The minimum Gasteiger partial charge on any atom is -0.468 e. The first-order chi connectivity index (χ1) is 6.65. The van der Waals surface area contributed by atoms with Crippen LogP contribution in [0.15, 0.2) is 0 Å². The van der Waals surface area contributed by atoms with Crippen LogP contribution in [0.5, 0.6) is 0 Å². The molecule has 4 nitrogen and oxygen atoms in total. The summed E-state index contributed by atoms with van der Waals surface area (Å²) in [6.07, 6.45) is 1.95. The molecule has 0 rings (SSSR count). The van der Waals surface area contributed by atoms with Crippen molar-refractivity contribution in [3.8, 4) is 0 Å². The van der Waals surface area contributed by atoms with E-state index in [1.807, 2.05) is 0 Å². The normalized spacial score (nSPS) is 12.9. The molecule has 0 radical (unpaired) electrons. The molecular weight excluding hydrogens is 180 g/mol. The molecule has 84 valence electrons. The highest BCUT2D eigenvalue weighted by Gasteiger charge is 2.15. The minimum atomic E-state index is -0.178. The lowest BCUT2D eigenvalue weighted by molar-refractivity contribution is -0.142. The van der Waals surface area contributed by atoms with Crippen LogP contribution >= 0.6 is 0 Å². The van der Waals surface area contributed by atoms with Gasteiger partial charge in [-0.15, -0.1) is 0 Å². The fraction of sp³-hybridized carbons (Fsp3) is 0.900. The number of carbonyl (C=O) groups excluding carboxylic acids is 1. The van der Waals surface area contributed by atoms with Gasteiger partial charge in [0.05, 0.1) is 13.7 Å². The second kappa shape index (κ2) is 7.76. The molecule has 0 amide bonds. The fourth-order valence-corrected chi connectivity index (χ4v) is 1.40. The third-order valence-corrected chi connectivity index (χ3v) is 2.28. The van der Waals surface area contributed by atoms with E-state index in [4.69, 9.17) is 5.73 Å². The number of methoxy groups -OCH3 is 1. The van der Waals surface area contributed by atoms with Gasteiger partial charge in [0, 0.05) is 6.04 Å². The van der Waals surface area contributed by atoms with Crippen molar-refractivity contribution in [2.45, 2.75) is 32.7 Å². The zero-order valence-corrected chi connectivity index (χ0v) is 9.45. The Kier molecular flexibility index (Phi) is 7.42. The predicted octanol–water partition coefficient (Wildman–Crippen LogP) is 0.609. The number of nitrogens with zero attached hydrogens (tertiary/aromatic N) is 1. The van der Waals surface area contributed by atoms with Crippen LogP contribution in [0, 0.1) is 0 Å². The predicted molar refractivity (Wildman–Crippen MR) is 57.0 cm³/mol. The molecule has 14 heavy (non-hydrogen) atoms. The lowest BCUT2D eigenvalue weighted by Crippen LogP contribution is -2.39. The summed E-state index contributed by atoms with van der Waals surface area (Å²) in [6.45, 7) is 6.12. The Morgan fingerprint density at radius 2 is 2.21 bits per heavy atom. The molecule has 2 N–H and O–H groups in total. The Labute approximate surface area is 86.4 Å². The summed E-state index contributed by atoms with van der Waals surface area (Å²) < 4.78 is 4.64. The topological polar surface area (TPSA) is 55.6 Å². The van der Waals surface area contributed by atoms with Crippen molar-refractivity contribution in [2.24, 2.45) is 5.73 Å². The van der Waals surface area contributed by atoms with Gasteiger partial charge < -0.3 is 10.5 Å². The second-order valence-electron chi connectivity index (χ2n) is 3.47. The first-order valence-electron chi connectivity index (χ1n) is 5.16. The van der Waals surface area contributed by atoms with E-state index >= 15 is 0 Å². The van der Waals surface area contributed by atoms with Crippen molar-refractivity contribution in [1.82, 2.24) is 4.90 Å². The standard InChI is InChI=1S/C10H22N2O2/c1-4-7-12(8-10(13)14-3)9(2)5-6-11/h9H,4-8,11H2,1-3H3. The lowest BCUT2D eigenvalue weighted by atomic mass is 10.2. The van der Waals surface area contributed by atoms with Gasteiger partial charge in [-0.3, -0.25) is 9.69 Å². The zero-order chi connectivity index (χ0) is 11.0. The maximum Gasteiger partial charge on any atom is 0.319 e. The number of hydrogen-bond donors (Lipinski definition) is 1. The molecule has 0 fully saturated rings. The summed E-state index contributed by atoms with van der Waals surface area (Å²) in [7, 11) is 1.42. The summed E-state index contributed by atoms with van der Waals surface area (Å²) in [5, 5.41) is 0. The minimum absolute atomic E-state index is 0.178. The van der Waals surface area contributed by atoms with Crippen molar-refractivity contribution in [3.05, 3.63) is 0 Å². The van der Waals surface area contributed by atoms with Crippen LogP contribution in [-0.4, -0.2) is 43.7 Å². The molecule has 0 spiro atoms. The molecule has 1 atom stereocenters. The monoisotopic (exact) mass is 202 g/mol. The Balaban J connectivity index is 4.05. The number of rotatable bonds is 7. The summed E-state index contributed by atoms with van der Waals surface area (Å²) in [4.78, 5) is 13.2. The van der Waals surface area contributed by atoms with Gasteiger partial charge in [-0.2, -0.15) is 0 Å². The number of hydrogen-bond acceptors (Lipinski definition) is 4. The van der Waals surface area contributed by atoms with E-state index in [0.29, 0.717) is 19.1 Å². The van der Waals surface area contributed by atoms with Gasteiger partial charge in [-0.1, -0.05) is 6.92 Å². The van der Waals surface area contributed by atoms with E-state index in [1.165, 1.54) is 7.11 Å². The third kappa shape index (κ3) is 5.19. The van der Waals surface area contributed by atoms with E-state index < -0.39 is 0 Å². The third-order valence-electron chi connectivity index (χ3n) is 2.28. The fourth-order valence-electron chi connectivity index (χ4n) is 1.40. The van der Waals surface area contributed by atoms with Crippen LogP contribution in [0.25, 0.3) is 0 Å². The molecule has 0 aliphatic heterocycles.